The molecule has 8 heteroatoms. The van der Waals surface area contributed by atoms with Crippen LogP contribution < -0.4 is 10.0 Å². The van der Waals surface area contributed by atoms with E-state index < -0.39 is 10.0 Å². The summed E-state index contributed by atoms with van der Waals surface area (Å²) in [5.74, 6) is 0. The number of aromatic nitrogens is 2. The topological polar surface area (TPSA) is 96.1 Å². The zero-order valence-corrected chi connectivity index (χ0v) is 12.4. The highest BCUT2D eigenvalue weighted by Gasteiger charge is 2.23. The second-order valence-corrected chi connectivity index (χ2v) is 5.70. The first-order chi connectivity index (χ1) is 9.03. The van der Waals surface area contributed by atoms with Gasteiger partial charge < -0.3 is 10.1 Å². The number of nitrogens with zero attached hydrogens (tertiary/aromatic N) is 1. The molecule has 0 aliphatic heterocycles. The summed E-state index contributed by atoms with van der Waals surface area (Å²) >= 11 is 0. The van der Waals surface area contributed by atoms with Crippen LogP contribution >= 0.6 is 0 Å². The number of hydrogen-bond donors (Lipinski definition) is 3. The predicted octanol–water partition coefficient (Wildman–Crippen LogP) is 0.142. The van der Waals surface area contributed by atoms with Gasteiger partial charge >= 0.3 is 0 Å². The number of sulfonamides is 1. The lowest BCUT2D eigenvalue weighted by molar-refractivity contribution is 0.153. The Balaban J connectivity index is 2.78. The molecule has 19 heavy (non-hydrogen) atoms. The minimum Gasteiger partial charge on any atom is -0.380 e. The number of H-pyrrole nitrogens is 1. The molecule has 0 aliphatic rings. The van der Waals surface area contributed by atoms with Crippen molar-refractivity contribution in [3.63, 3.8) is 0 Å². The van der Waals surface area contributed by atoms with Crippen LogP contribution in [0.25, 0.3) is 0 Å². The van der Waals surface area contributed by atoms with E-state index in [-0.39, 0.29) is 11.4 Å². The monoisotopic (exact) mass is 290 g/mol. The average molecular weight is 290 g/mol. The van der Waals surface area contributed by atoms with Gasteiger partial charge in [-0.1, -0.05) is 6.92 Å². The molecule has 0 radical (unpaired) electrons. The molecule has 0 unspecified atom stereocenters. The quantitative estimate of drug-likeness (QED) is 0.562. The normalized spacial score (nSPS) is 11.9. The molecule has 0 saturated heterocycles. The Bertz CT molecular complexity index is 484. The van der Waals surface area contributed by atoms with Crippen molar-refractivity contribution in [1.82, 2.24) is 20.2 Å². The van der Waals surface area contributed by atoms with Crippen LogP contribution in [-0.2, 0) is 21.3 Å². The molecular weight excluding hydrogens is 268 g/mol. The molecule has 110 valence electrons. The number of aryl methyl sites for hydroxylation is 1. The van der Waals surface area contributed by atoms with Gasteiger partial charge in [0.1, 0.15) is 4.90 Å². The SMILES string of the molecule is CCNCc1n[nH]c(C)c1S(=O)(=O)NCCOCC. The maximum Gasteiger partial charge on any atom is 0.244 e. The Morgan fingerprint density at radius 1 is 1.37 bits per heavy atom. The fraction of sp³-hybridized carbons (Fsp3) is 0.727. The first kappa shape index (κ1) is 16.1. The van der Waals surface area contributed by atoms with Crippen LogP contribution in [0.1, 0.15) is 25.2 Å². The summed E-state index contributed by atoms with van der Waals surface area (Å²) in [7, 11) is -3.55. The van der Waals surface area contributed by atoms with Crippen LogP contribution in [0.4, 0.5) is 0 Å². The number of hydrogen-bond acceptors (Lipinski definition) is 5. The van der Waals surface area contributed by atoms with Crippen molar-refractivity contribution in [2.24, 2.45) is 0 Å². The third kappa shape index (κ3) is 4.57. The summed E-state index contributed by atoms with van der Waals surface area (Å²) in [5, 5.41) is 9.81. The molecule has 3 N–H and O–H groups in total. The van der Waals surface area contributed by atoms with E-state index in [4.69, 9.17) is 4.74 Å². The molecule has 0 fully saturated rings. The number of nitrogens with one attached hydrogen (secondary N) is 3. The van der Waals surface area contributed by atoms with Crippen LogP contribution in [-0.4, -0.2) is 44.9 Å². The van der Waals surface area contributed by atoms with E-state index in [0.29, 0.717) is 31.1 Å². The molecule has 0 aromatic carbocycles. The summed E-state index contributed by atoms with van der Waals surface area (Å²) in [5.41, 5.74) is 1.04. The average Bonchev–Trinajstić information content (AvgIpc) is 2.74. The standard InChI is InChI=1S/C11H22N4O3S/c1-4-12-8-10-11(9(3)14-15-10)19(16,17)13-6-7-18-5-2/h12-13H,4-8H2,1-3H3,(H,14,15). The van der Waals surface area contributed by atoms with E-state index >= 15 is 0 Å². The molecule has 7 nitrogen and oxygen atoms in total. The van der Waals surface area contributed by atoms with E-state index in [1.54, 1.807) is 6.92 Å². The predicted molar refractivity (Wildman–Crippen MR) is 72.4 cm³/mol. The van der Waals surface area contributed by atoms with Crippen molar-refractivity contribution >= 4 is 10.0 Å². The van der Waals surface area contributed by atoms with Crippen LogP contribution in [0.15, 0.2) is 4.90 Å². The smallest absolute Gasteiger partial charge is 0.244 e. The van der Waals surface area contributed by atoms with Crippen molar-refractivity contribution in [2.45, 2.75) is 32.2 Å². The zero-order chi connectivity index (χ0) is 14.3. The van der Waals surface area contributed by atoms with Crippen molar-refractivity contribution in [2.75, 3.05) is 26.3 Å². The summed E-state index contributed by atoms with van der Waals surface area (Å²) in [6.45, 7) is 7.86. The summed E-state index contributed by atoms with van der Waals surface area (Å²) in [4.78, 5) is 0.227. The second-order valence-electron chi connectivity index (χ2n) is 4.00. The largest absolute Gasteiger partial charge is 0.380 e. The highest BCUT2D eigenvalue weighted by atomic mass is 32.2. The van der Waals surface area contributed by atoms with Crippen molar-refractivity contribution in [3.8, 4) is 0 Å². The molecule has 1 aromatic heterocycles. The third-order valence-electron chi connectivity index (χ3n) is 2.52. The molecule has 0 bridgehead atoms. The second kappa shape index (κ2) is 7.59. The Morgan fingerprint density at radius 2 is 2.11 bits per heavy atom. The summed E-state index contributed by atoms with van der Waals surface area (Å²) in [6.07, 6.45) is 0. The zero-order valence-electron chi connectivity index (χ0n) is 11.6. The summed E-state index contributed by atoms with van der Waals surface area (Å²) in [6, 6.07) is 0. The maximum atomic E-state index is 12.2. The fourth-order valence-corrected chi connectivity index (χ4v) is 3.03. The van der Waals surface area contributed by atoms with Gasteiger partial charge in [0.05, 0.1) is 18.0 Å². The van der Waals surface area contributed by atoms with Crippen LogP contribution in [0.3, 0.4) is 0 Å². The minimum atomic E-state index is -3.55. The van der Waals surface area contributed by atoms with Gasteiger partial charge in [0.15, 0.2) is 0 Å². The first-order valence-corrected chi connectivity index (χ1v) is 7.83. The lowest BCUT2D eigenvalue weighted by atomic mass is 10.3. The Hall–Kier alpha value is -0.960. The van der Waals surface area contributed by atoms with Gasteiger partial charge in [0.2, 0.25) is 10.0 Å². The van der Waals surface area contributed by atoms with Gasteiger partial charge in [-0.2, -0.15) is 5.10 Å². The Morgan fingerprint density at radius 3 is 2.74 bits per heavy atom. The van der Waals surface area contributed by atoms with Gasteiger partial charge in [-0.15, -0.1) is 0 Å². The maximum absolute atomic E-state index is 12.2. The Labute approximate surface area is 114 Å². The van der Waals surface area contributed by atoms with E-state index in [1.807, 2.05) is 13.8 Å². The Kier molecular flexibility index (Phi) is 6.43. The number of ether oxygens (including phenoxy) is 1. The van der Waals surface area contributed by atoms with Gasteiger partial charge in [-0.25, -0.2) is 13.1 Å². The van der Waals surface area contributed by atoms with Gasteiger partial charge in [-0.3, -0.25) is 5.10 Å². The molecule has 0 amide bonds. The van der Waals surface area contributed by atoms with E-state index in [9.17, 15) is 8.42 Å². The van der Waals surface area contributed by atoms with Gasteiger partial charge in [0.25, 0.3) is 0 Å². The fourth-order valence-electron chi connectivity index (χ4n) is 1.65. The van der Waals surface area contributed by atoms with Crippen molar-refractivity contribution in [3.05, 3.63) is 11.4 Å². The molecule has 1 rings (SSSR count). The lowest BCUT2D eigenvalue weighted by Gasteiger charge is -2.08. The van der Waals surface area contributed by atoms with Crippen molar-refractivity contribution < 1.29 is 13.2 Å². The summed E-state index contributed by atoms with van der Waals surface area (Å²) < 4.78 is 32.0. The third-order valence-corrected chi connectivity index (χ3v) is 4.18. The minimum absolute atomic E-state index is 0.227. The number of aromatic amines is 1. The molecule has 1 heterocycles. The highest BCUT2D eigenvalue weighted by Crippen LogP contribution is 2.17. The molecular formula is C11H22N4O3S. The van der Waals surface area contributed by atoms with Crippen LogP contribution in [0, 0.1) is 6.92 Å². The number of rotatable bonds is 9. The molecule has 1 aromatic rings. The van der Waals surface area contributed by atoms with Crippen molar-refractivity contribution in [1.29, 1.82) is 0 Å². The van der Waals surface area contributed by atoms with E-state index in [1.165, 1.54) is 0 Å². The molecule has 0 saturated carbocycles. The highest BCUT2D eigenvalue weighted by molar-refractivity contribution is 7.89. The van der Waals surface area contributed by atoms with Crippen LogP contribution in [0.2, 0.25) is 0 Å². The molecule has 0 aliphatic carbocycles. The van der Waals surface area contributed by atoms with Crippen LogP contribution in [0.5, 0.6) is 0 Å². The van der Waals surface area contributed by atoms with E-state index in [2.05, 4.69) is 20.2 Å². The van der Waals surface area contributed by atoms with Gasteiger partial charge in [-0.05, 0) is 20.4 Å². The van der Waals surface area contributed by atoms with Gasteiger partial charge in [0, 0.05) is 19.7 Å². The first-order valence-electron chi connectivity index (χ1n) is 6.34. The molecule has 0 atom stereocenters. The molecule has 0 spiro atoms. The van der Waals surface area contributed by atoms with E-state index in [0.717, 1.165) is 6.54 Å². The lowest BCUT2D eigenvalue weighted by Crippen LogP contribution is -2.29.